The number of anilines is 1. The van der Waals surface area contributed by atoms with E-state index in [9.17, 15) is 10.2 Å². The normalized spacial score (nSPS) is 14.6. The first-order valence-corrected chi connectivity index (χ1v) is 11.4. The summed E-state index contributed by atoms with van der Waals surface area (Å²) < 4.78 is 15.3. The number of phenols is 1. The Hall–Kier alpha value is -3.95. The van der Waals surface area contributed by atoms with Crippen molar-refractivity contribution in [3.05, 3.63) is 53.3 Å². The Kier molecular flexibility index (Phi) is 8.40. The van der Waals surface area contributed by atoms with Crippen LogP contribution in [0.3, 0.4) is 0 Å². The third-order valence-corrected chi connectivity index (χ3v) is 5.91. The Morgan fingerprint density at radius 3 is 2.74 bits per heavy atom. The van der Waals surface area contributed by atoms with Crippen LogP contribution >= 0.6 is 11.9 Å². The number of ether oxygens (including phenoxy) is 2. The van der Waals surface area contributed by atoms with Crippen molar-refractivity contribution in [2.45, 2.75) is 25.2 Å². The molecule has 1 aromatic heterocycles. The number of hydrogen-bond donors (Lipinski definition) is 5. The number of nitrogens with one attached hydrogen (secondary N) is 3. The Labute approximate surface area is 207 Å². The molecule has 0 aliphatic carbocycles. The molecule has 184 valence electrons. The minimum Gasteiger partial charge on any atom is -0.506 e. The van der Waals surface area contributed by atoms with Crippen LogP contribution in [0.2, 0.25) is 0 Å². The van der Waals surface area contributed by atoms with Crippen molar-refractivity contribution in [3.63, 3.8) is 0 Å². The van der Waals surface area contributed by atoms with Gasteiger partial charge in [0, 0.05) is 12.7 Å². The second-order valence-electron chi connectivity index (χ2n) is 7.33. The van der Waals surface area contributed by atoms with Gasteiger partial charge in [-0.2, -0.15) is 0 Å². The topological polar surface area (TPSA) is 150 Å². The highest BCUT2D eigenvalue weighted by Crippen LogP contribution is 2.36. The molecule has 0 spiro atoms. The predicted octanol–water partition coefficient (Wildman–Crippen LogP) is 2.64. The first-order valence-electron chi connectivity index (χ1n) is 10.5. The molecule has 0 radical (unpaired) electrons. The van der Waals surface area contributed by atoms with Crippen LogP contribution in [0.5, 0.6) is 11.5 Å². The molecule has 2 atom stereocenters. The van der Waals surface area contributed by atoms with Crippen molar-refractivity contribution in [3.8, 4) is 17.2 Å². The van der Waals surface area contributed by atoms with Crippen molar-refractivity contribution < 1.29 is 19.7 Å². The van der Waals surface area contributed by atoms with E-state index in [4.69, 9.17) is 14.9 Å². The monoisotopic (exact) mass is 497 g/mol. The summed E-state index contributed by atoms with van der Waals surface area (Å²) in [5, 5.41) is 40.4. The molecular formula is C23H27N7O4S. The lowest BCUT2D eigenvalue weighted by Crippen LogP contribution is -2.29. The number of rotatable bonds is 10. The van der Waals surface area contributed by atoms with Gasteiger partial charge < -0.3 is 30.4 Å². The standard InChI is InChI=1S/C23H27N7O4S/c1-13(25-3)12-15(24)21(32)14(2)35-29-23-28-27-22(16-8-6-11-19(26-16)34-5)30(23)20-17(31)9-7-10-18(20)33-4/h7,9-12,14,21,24-25,31-32H,1-5H3,(H,28,29)/b13-12-,24-15?. The molecule has 3 rings (SSSR count). The van der Waals surface area contributed by atoms with E-state index in [1.807, 2.05) is 6.92 Å². The van der Waals surface area contributed by atoms with Crippen LogP contribution in [0, 0.1) is 5.41 Å². The van der Waals surface area contributed by atoms with Gasteiger partial charge in [-0.15, -0.1) is 10.2 Å². The van der Waals surface area contributed by atoms with Gasteiger partial charge in [0.15, 0.2) is 11.5 Å². The fraction of sp³-hybridized carbons (Fsp3) is 0.304. The zero-order valence-electron chi connectivity index (χ0n) is 19.9. The highest BCUT2D eigenvalue weighted by molar-refractivity contribution is 8.01. The van der Waals surface area contributed by atoms with Crippen LogP contribution in [-0.2, 0) is 4.74 Å². The fourth-order valence-corrected chi connectivity index (χ4v) is 3.72. The minimum absolute atomic E-state index is 0.0638. The molecule has 0 saturated carbocycles. The number of aromatic hydroxyl groups is 1. The number of allylic oxidation sites excluding steroid dienone is 1. The first-order chi connectivity index (χ1) is 16.8. The summed E-state index contributed by atoms with van der Waals surface area (Å²) in [6.07, 6.45) is 2.05. The molecule has 2 aromatic rings. The maximum atomic E-state index is 10.7. The van der Waals surface area contributed by atoms with Gasteiger partial charge in [-0.3, -0.25) is 9.29 Å². The number of aromatic nitrogens is 3. The van der Waals surface area contributed by atoms with Crippen LogP contribution in [0.1, 0.15) is 19.7 Å². The number of hydrogen-bond acceptors (Lipinski definition) is 11. The highest BCUT2D eigenvalue weighted by atomic mass is 32.2. The van der Waals surface area contributed by atoms with Crippen LogP contribution in [0.4, 0.5) is 5.95 Å². The van der Waals surface area contributed by atoms with Gasteiger partial charge in [-0.05, 0) is 49.7 Å². The number of para-hydroxylation sites is 1. The van der Waals surface area contributed by atoms with E-state index in [2.05, 4.69) is 36.7 Å². The second-order valence-corrected chi connectivity index (χ2v) is 8.51. The molecular weight excluding hydrogens is 470 g/mol. The first kappa shape index (κ1) is 25.7. The molecule has 35 heavy (non-hydrogen) atoms. The van der Waals surface area contributed by atoms with Crippen LogP contribution < -0.4 is 14.8 Å². The van der Waals surface area contributed by atoms with Gasteiger partial charge in [-0.1, -0.05) is 11.8 Å². The molecule has 0 bridgehead atoms. The lowest BCUT2D eigenvalue weighted by Gasteiger charge is -2.20. The molecule has 2 unspecified atom stereocenters. The van der Waals surface area contributed by atoms with E-state index in [1.54, 1.807) is 32.2 Å². The number of benzene rings is 1. The number of aliphatic imine (C=N–C) groups is 1. The minimum atomic E-state index is -1.05. The lowest BCUT2D eigenvalue weighted by atomic mass is 10.1. The maximum Gasteiger partial charge on any atom is 0.239 e. The molecule has 1 aromatic carbocycles. The highest BCUT2D eigenvalue weighted by Gasteiger charge is 2.25. The quantitative estimate of drug-likeness (QED) is 0.190. The Morgan fingerprint density at radius 1 is 1.29 bits per heavy atom. The van der Waals surface area contributed by atoms with Crippen LogP contribution in [-0.4, -0.2) is 69.2 Å². The van der Waals surface area contributed by atoms with Crippen LogP contribution in [0.15, 0.2) is 52.5 Å². The largest absolute Gasteiger partial charge is 0.506 e. The summed E-state index contributed by atoms with van der Waals surface area (Å²) in [6, 6.07) is 4.85. The van der Waals surface area contributed by atoms with E-state index in [0.29, 0.717) is 11.6 Å². The molecule has 1 aliphatic rings. The zero-order valence-corrected chi connectivity index (χ0v) is 20.8. The van der Waals surface area contributed by atoms with Gasteiger partial charge in [0.25, 0.3) is 0 Å². The average molecular weight is 498 g/mol. The van der Waals surface area contributed by atoms with E-state index in [1.165, 1.54) is 30.9 Å². The summed E-state index contributed by atoms with van der Waals surface area (Å²) in [4.78, 5) is 4.36. The third-order valence-electron chi connectivity index (χ3n) is 4.98. The van der Waals surface area contributed by atoms with Gasteiger partial charge in [-0.25, -0.2) is 4.99 Å². The van der Waals surface area contributed by atoms with Crippen molar-refractivity contribution >= 4 is 35.2 Å². The van der Waals surface area contributed by atoms with Crippen molar-refractivity contribution in [1.82, 2.24) is 20.1 Å². The predicted molar refractivity (Wildman–Crippen MR) is 136 cm³/mol. The fourth-order valence-electron chi connectivity index (χ4n) is 3.02. The van der Waals surface area contributed by atoms with E-state index < -0.39 is 11.4 Å². The summed E-state index contributed by atoms with van der Waals surface area (Å²) in [5.74, 6) is 1.08. The number of methoxy groups -OCH3 is 2. The second kappa shape index (κ2) is 11.5. The molecule has 11 nitrogen and oxygen atoms in total. The maximum absolute atomic E-state index is 10.7. The molecule has 0 fully saturated rings. The van der Waals surface area contributed by atoms with E-state index in [-0.39, 0.29) is 34.6 Å². The lowest BCUT2D eigenvalue weighted by molar-refractivity contribution is 0.243. The summed E-state index contributed by atoms with van der Waals surface area (Å²) in [5.41, 5.74) is 7.10. The Bertz CT molecular complexity index is 1270. The van der Waals surface area contributed by atoms with Gasteiger partial charge in [0.05, 0.1) is 31.3 Å². The Morgan fingerprint density at radius 2 is 2.06 bits per heavy atom. The average Bonchev–Trinajstić information content (AvgIpc) is 3.29. The number of aliphatic hydroxyl groups is 1. The molecule has 2 heterocycles. The van der Waals surface area contributed by atoms with Gasteiger partial charge >= 0.3 is 0 Å². The molecule has 1 aliphatic heterocycles. The zero-order chi connectivity index (χ0) is 25.5. The SMILES string of the molecule is CN/C(C)=C\C(=N)C(O)C(C)SNc1nnc(C2=C=C=CC(OC)=N2)n1-c1c(O)cccc1OC. The third kappa shape index (κ3) is 5.76. The summed E-state index contributed by atoms with van der Waals surface area (Å²) >= 11 is 1.15. The Balaban J connectivity index is 2.00. The molecule has 5 N–H and O–H groups in total. The number of nitrogens with zero attached hydrogens (tertiary/aromatic N) is 4. The van der Waals surface area contributed by atoms with Crippen LogP contribution in [0.25, 0.3) is 11.4 Å². The summed E-state index contributed by atoms with van der Waals surface area (Å²) in [7, 11) is 4.71. The number of phenolic OH excluding ortho intramolecular Hbond substituents is 1. The van der Waals surface area contributed by atoms with E-state index in [0.717, 1.165) is 17.6 Å². The van der Waals surface area contributed by atoms with E-state index >= 15 is 0 Å². The number of aliphatic hydroxyl groups excluding tert-OH is 1. The molecule has 0 saturated heterocycles. The van der Waals surface area contributed by atoms with Gasteiger partial charge in [0.2, 0.25) is 11.8 Å². The van der Waals surface area contributed by atoms with Crippen molar-refractivity contribution in [2.75, 3.05) is 26.0 Å². The van der Waals surface area contributed by atoms with Crippen molar-refractivity contribution in [2.24, 2.45) is 4.99 Å². The van der Waals surface area contributed by atoms with Crippen molar-refractivity contribution in [1.29, 1.82) is 5.41 Å². The smallest absolute Gasteiger partial charge is 0.239 e. The van der Waals surface area contributed by atoms with Gasteiger partial charge in [0.1, 0.15) is 23.3 Å². The molecule has 12 heteroatoms. The summed E-state index contributed by atoms with van der Waals surface area (Å²) in [6.45, 7) is 3.58. The molecule has 0 amide bonds.